The first-order chi connectivity index (χ1) is 9.10. The molecule has 0 aliphatic rings. The molecule has 0 aliphatic carbocycles. The van der Waals surface area contributed by atoms with Crippen LogP contribution in [0.4, 0.5) is 0 Å². The summed E-state index contributed by atoms with van der Waals surface area (Å²) < 4.78 is 4.59. The van der Waals surface area contributed by atoms with Gasteiger partial charge in [-0.1, -0.05) is 13.8 Å². The second kappa shape index (κ2) is 14.9. The Morgan fingerprint density at radius 1 is 1.15 bits per heavy atom. The Morgan fingerprint density at radius 3 is 2.25 bits per heavy atom. The SMILES string of the molecule is CN=C(NCCCCC(=O)OC)NCCCC(C)C.I. The number of nitrogens with one attached hydrogen (secondary N) is 2. The molecule has 0 spiro atoms. The van der Waals surface area contributed by atoms with Crippen molar-refractivity contribution in [3.8, 4) is 0 Å². The largest absolute Gasteiger partial charge is 0.469 e. The Hall–Kier alpha value is -0.530. The molecule has 0 rings (SSSR count). The highest BCUT2D eigenvalue weighted by molar-refractivity contribution is 14.0. The molecule has 0 heterocycles. The maximum absolute atomic E-state index is 10.9. The Bertz CT molecular complexity index is 271. The van der Waals surface area contributed by atoms with E-state index in [2.05, 4.69) is 34.2 Å². The quantitative estimate of drug-likeness (QED) is 0.206. The summed E-state index contributed by atoms with van der Waals surface area (Å²) in [5, 5.41) is 6.52. The van der Waals surface area contributed by atoms with E-state index in [9.17, 15) is 4.79 Å². The third-order valence-corrected chi connectivity index (χ3v) is 2.80. The smallest absolute Gasteiger partial charge is 0.305 e. The molecule has 0 aromatic carbocycles. The number of carbonyl (C=O) groups is 1. The van der Waals surface area contributed by atoms with Crippen molar-refractivity contribution < 1.29 is 9.53 Å². The van der Waals surface area contributed by atoms with Crippen LogP contribution in [0.25, 0.3) is 0 Å². The lowest BCUT2D eigenvalue weighted by molar-refractivity contribution is -0.140. The Morgan fingerprint density at radius 2 is 1.75 bits per heavy atom. The topological polar surface area (TPSA) is 62.7 Å². The second-order valence-corrected chi connectivity index (χ2v) is 5.00. The van der Waals surface area contributed by atoms with E-state index in [1.807, 2.05) is 0 Å². The molecule has 0 radical (unpaired) electrons. The lowest BCUT2D eigenvalue weighted by Gasteiger charge is -2.12. The van der Waals surface area contributed by atoms with E-state index >= 15 is 0 Å². The highest BCUT2D eigenvalue weighted by Gasteiger charge is 2.00. The fraction of sp³-hybridized carbons (Fsp3) is 0.857. The summed E-state index contributed by atoms with van der Waals surface area (Å²) in [6, 6.07) is 0. The number of hydrogen-bond donors (Lipinski definition) is 2. The molecule has 0 atom stereocenters. The monoisotopic (exact) mass is 399 g/mol. The van der Waals surface area contributed by atoms with Crippen molar-refractivity contribution in [2.24, 2.45) is 10.9 Å². The Labute approximate surface area is 140 Å². The van der Waals surface area contributed by atoms with Gasteiger partial charge in [0.1, 0.15) is 0 Å². The van der Waals surface area contributed by atoms with Crippen molar-refractivity contribution in [1.29, 1.82) is 0 Å². The van der Waals surface area contributed by atoms with Crippen LogP contribution in [0.2, 0.25) is 0 Å². The maximum atomic E-state index is 10.9. The van der Waals surface area contributed by atoms with Crippen LogP contribution in [0.3, 0.4) is 0 Å². The molecule has 120 valence electrons. The van der Waals surface area contributed by atoms with Crippen LogP contribution in [0.15, 0.2) is 4.99 Å². The zero-order chi connectivity index (χ0) is 14.5. The summed E-state index contributed by atoms with van der Waals surface area (Å²) in [6.45, 7) is 6.23. The van der Waals surface area contributed by atoms with E-state index in [4.69, 9.17) is 0 Å². The van der Waals surface area contributed by atoms with Gasteiger partial charge in [-0.2, -0.15) is 0 Å². The molecular formula is C14H30IN3O2. The normalized spacial score (nSPS) is 10.9. The number of unbranched alkanes of at least 4 members (excludes halogenated alkanes) is 1. The van der Waals surface area contributed by atoms with Gasteiger partial charge in [0.05, 0.1) is 7.11 Å². The molecule has 0 unspecified atom stereocenters. The van der Waals surface area contributed by atoms with Crippen LogP contribution < -0.4 is 10.6 Å². The lowest BCUT2D eigenvalue weighted by Crippen LogP contribution is -2.38. The van der Waals surface area contributed by atoms with Gasteiger partial charge >= 0.3 is 5.97 Å². The fourth-order valence-electron chi connectivity index (χ4n) is 1.64. The van der Waals surface area contributed by atoms with Gasteiger partial charge in [0.2, 0.25) is 0 Å². The van der Waals surface area contributed by atoms with E-state index in [1.54, 1.807) is 7.05 Å². The standard InChI is InChI=1S/C14H29N3O2.HI/c1-12(2)8-7-11-17-14(15-3)16-10-6-5-9-13(18)19-4;/h12H,5-11H2,1-4H3,(H2,15,16,17);1H. The molecule has 20 heavy (non-hydrogen) atoms. The van der Waals surface area contributed by atoms with E-state index < -0.39 is 0 Å². The molecule has 0 amide bonds. The van der Waals surface area contributed by atoms with Gasteiger partial charge in [-0.3, -0.25) is 9.79 Å². The minimum Gasteiger partial charge on any atom is -0.469 e. The summed E-state index contributed by atoms with van der Waals surface area (Å²) in [4.78, 5) is 15.1. The first-order valence-electron chi connectivity index (χ1n) is 7.11. The maximum Gasteiger partial charge on any atom is 0.305 e. The Balaban J connectivity index is 0. The fourth-order valence-corrected chi connectivity index (χ4v) is 1.64. The first kappa shape index (κ1) is 21.8. The van der Waals surface area contributed by atoms with Crippen molar-refractivity contribution in [2.45, 2.75) is 46.0 Å². The van der Waals surface area contributed by atoms with Crippen LogP contribution in [0, 0.1) is 5.92 Å². The molecule has 0 fully saturated rings. The summed E-state index contributed by atoms with van der Waals surface area (Å²) in [6.07, 6.45) is 4.63. The molecule has 2 N–H and O–H groups in total. The van der Waals surface area contributed by atoms with Gasteiger partial charge < -0.3 is 15.4 Å². The number of halogens is 1. The van der Waals surface area contributed by atoms with Gasteiger partial charge in [0, 0.05) is 26.6 Å². The van der Waals surface area contributed by atoms with E-state index in [0.29, 0.717) is 6.42 Å². The number of carbonyl (C=O) groups excluding carboxylic acids is 1. The van der Waals surface area contributed by atoms with Gasteiger partial charge in [0.25, 0.3) is 0 Å². The molecule has 0 bridgehead atoms. The van der Waals surface area contributed by atoms with Gasteiger partial charge in [-0.15, -0.1) is 24.0 Å². The van der Waals surface area contributed by atoms with Gasteiger partial charge in [-0.25, -0.2) is 0 Å². The van der Waals surface area contributed by atoms with Crippen LogP contribution in [-0.2, 0) is 9.53 Å². The zero-order valence-electron chi connectivity index (χ0n) is 13.2. The highest BCUT2D eigenvalue weighted by atomic mass is 127. The van der Waals surface area contributed by atoms with Gasteiger partial charge in [-0.05, 0) is 31.6 Å². The van der Waals surface area contributed by atoms with Crippen molar-refractivity contribution in [3.63, 3.8) is 0 Å². The number of nitrogens with zero attached hydrogens (tertiary/aromatic N) is 1. The molecule has 0 saturated carbocycles. The summed E-state index contributed by atoms with van der Waals surface area (Å²) in [7, 11) is 3.19. The van der Waals surface area contributed by atoms with Crippen LogP contribution in [-0.4, -0.2) is 39.2 Å². The third-order valence-electron chi connectivity index (χ3n) is 2.80. The van der Waals surface area contributed by atoms with Gasteiger partial charge in [0.15, 0.2) is 5.96 Å². The number of guanidine groups is 1. The molecule has 5 nitrogen and oxygen atoms in total. The number of hydrogen-bond acceptors (Lipinski definition) is 3. The first-order valence-corrected chi connectivity index (χ1v) is 7.11. The minimum atomic E-state index is -0.142. The number of esters is 1. The summed E-state index contributed by atoms with van der Waals surface area (Å²) in [5.41, 5.74) is 0. The number of methoxy groups -OCH3 is 1. The summed E-state index contributed by atoms with van der Waals surface area (Å²) >= 11 is 0. The molecular weight excluding hydrogens is 369 g/mol. The Kier molecular flexibility index (Phi) is 16.2. The molecule has 6 heteroatoms. The second-order valence-electron chi connectivity index (χ2n) is 5.00. The van der Waals surface area contributed by atoms with Crippen molar-refractivity contribution in [2.75, 3.05) is 27.2 Å². The number of rotatable bonds is 9. The lowest BCUT2D eigenvalue weighted by atomic mass is 10.1. The molecule has 0 aromatic heterocycles. The predicted octanol–water partition coefficient (Wildman–Crippen LogP) is 2.55. The highest BCUT2D eigenvalue weighted by Crippen LogP contribution is 2.01. The van der Waals surface area contributed by atoms with E-state index in [0.717, 1.165) is 44.2 Å². The van der Waals surface area contributed by atoms with Crippen LogP contribution in [0.1, 0.15) is 46.0 Å². The average molecular weight is 399 g/mol. The molecule has 0 saturated heterocycles. The third kappa shape index (κ3) is 13.9. The van der Waals surface area contributed by atoms with Crippen molar-refractivity contribution in [3.05, 3.63) is 0 Å². The van der Waals surface area contributed by atoms with Crippen LogP contribution in [0.5, 0.6) is 0 Å². The zero-order valence-corrected chi connectivity index (χ0v) is 15.5. The van der Waals surface area contributed by atoms with Crippen LogP contribution >= 0.6 is 24.0 Å². The van der Waals surface area contributed by atoms with E-state index in [-0.39, 0.29) is 29.9 Å². The predicted molar refractivity (Wildman–Crippen MR) is 94.7 cm³/mol. The van der Waals surface area contributed by atoms with Crippen molar-refractivity contribution in [1.82, 2.24) is 10.6 Å². The number of aliphatic imine (C=N–C) groups is 1. The van der Waals surface area contributed by atoms with Crippen molar-refractivity contribution >= 4 is 35.9 Å². The number of ether oxygens (including phenoxy) is 1. The average Bonchev–Trinajstić information content (AvgIpc) is 2.40. The summed E-state index contributed by atoms with van der Waals surface area (Å²) in [5.74, 6) is 1.44. The van der Waals surface area contributed by atoms with E-state index in [1.165, 1.54) is 13.5 Å². The molecule has 0 aliphatic heterocycles. The molecule has 0 aromatic rings. The minimum absolute atomic E-state index is 0.